The summed E-state index contributed by atoms with van der Waals surface area (Å²) in [5.41, 5.74) is 2.44. The minimum absolute atomic E-state index is 0.0200. The lowest BCUT2D eigenvalue weighted by molar-refractivity contribution is -0.0246. The molecule has 0 bridgehead atoms. The monoisotopic (exact) mass is 358 g/mol. The van der Waals surface area contributed by atoms with Crippen molar-refractivity contribution in [2.75, 3.05) is 38.7 Å². The molecule has 2 aromatic rings. The zero-order valence-corrected chi connectivity index (χ0v) is 15.9. The maximum Gasteiger partial charge on any atom is 0.259 e. The van der Waals surface area contributed by atoms with E-state index in [1.54, 1.807) is 13.8 Å². The number of hydrogen-bond donors (Lipinski definition) is 0. The third-order valence-corrected chi connectivity index (χ3v) is 4.70. The topological polar surface area (TPSA) is 71.7 Å². The van der Waals surface area contributed by atoms with Gasteiger partial charge in [0.05, 0.1) is 18.4 Å². The third kappa shape index (κ3) is 4.04. The normalized spacial score (nSPS) is 17.4. The molecular weight excluding hydrogens is 332 g/mol. The second-order valence-electron chi connectivity index (χ2n) is 6.90. The summed E-state index contributed by atoms with van der Waals surface area (Å²) in [5, 5.41) is 3.89. The standard InChI is InChI=1S/C19H26N4O3/c1-13-18(14(2)26-21-13)19(24)23-9-10-25-16(12-23)6-5-15-7-8-20-17(11-15)22(3)4/h7-8,11,16H,5-6,9-10,12H2,1-4H3/t16-/m1/s1. The van der Waals surface area contributed by atoms with Crippen LogP contribution in [0, 0.1) is 13.8 Å². The van der Waals surface area contributed by atoms with Crippen molar-refractivity contribution in [3.05, 3.63) is 40.9 Å². The number of hydrogen-bond acceptors (Lipinski definition) is 6. The average Bonchev–Trinajstić information content (AvgIpc) is 2.98. The van der Waals surface area contributed by atoms with E-state index in [4.69, 9.17) is 9.26 Å². The maximum atomic E-state index is 12.8. The van der Waals surface area contributed by atoms with Crippen molar-refractivity contribution in [3.63, 3.8) is 0 Å². The molecule has 1 saturated heterocycles. The molecule has 0 aromatic carbocycles. The highest BCUT2D eigenvalue weighted by atomic mass is 16.5. The van der Waals surface area contributed by atoms with E-state index in [0.29, 0.717) is 36.7 Å². The fourth-order valence-electron chi connectivity index (χ4n) is 3.21. The third-order valence-electron chi connectivity index (χ3n) is 4.70. The van der Waals surface area contributed by atoms with E-state index in [-0.39, 0.29) is 12.0 Å². The summed E-state index contributed by atoms with van der Waals surface area (Å²) in [6.45, 7) is 5.32. The molecule has 1 atom stereocenters. The number of aromatic nitrogens is 2. The summed E-state index contributed by atoms with van der Waals surface area (Å²) >= 11 is 0. The van der Waals surface area contributed by atoms with Crippen molar-refractivity contribution in [2.45, 2.75) is 32.8 Å². The highest BCUT2D eigenvalue weighted by molar-refractivity contribution is 5.96. The van der Waals surface area contributed by atoms with Gasteiger partial charge < -0.3 is 19.1 Å². The highest BCUT2D eigenvalue weighted by Gasteiger charge is 2.28. The quantitative estimate of drug-likeness (QED) is 0.816. The summed E-state index contributed by atoms with van der Waals surface area (Å²) in [7, 11) is 3.96. The second-order valence-corrected chi connectivity index (χ2v) is 6.90. The van der Waals surface area contributed by atoms with E-state index in [0.717, 1.165) is 18.7 Å². The molecule has 0 radical (unpaired) electrons. The van der Waals surface area contributed by atoms with Crippen LogP contribution < -0.4 is 4.90 Å². The Hall–Kier alpha value is -2.41. The first-order chi connectivity index (χ1) is 12.5. The number of rotatable bonds is 5. The summed E-state index contributed by atoms with van der Waals surface area (Å²) in [5.74, 6) is 1.50. The van der Waals surface area contributed by atoms with Gasteiger partial charge in [0.25, 0.3) is 5.91 Å². The molecule has 0 saturated carbocycles. The van der Waals surface area contributed by atoms with Crippen LogP contribution in [0.2, 0.25) is 0 Å². The first-order valence-corrected chi connectivity index (χ1v) is 8.91. The van der Waals surface area contributed by atoms with Gasteiger partial charge in [0.1, 0.15) is 17.1 Å². The Morgan fingerprint density at radius 2 is 2.19 bits per heavy atom. The average molecular weight is 358 g/mol. The molecule has 3 rings (SSSR count). The summed E-state index contributed by atoms with van der Waals surface area (Å²) < 4.78 is 11.0. The molecule has 1 aliphatic rings. The number of anilines is 1. The molecule has 1 amide bonds. The van der Waals surface area contributed by atoms with Gasteiger partial charge in [0, 0.05) is 33.4 Å². The van der Waals surface area contributed by atoms with Gasteiger partial charge in [-0.3, -0.25) is 4.79 Å². The van der Waals surface area contributed by atoms with E-state index in [1.807, 2.05) is 36.2 Å². The number of morpholine rings is 1. The number of amides is 1. The van der Waals surface area contributed by atoms with Crippen LogP contribution in [0.25, 0.3) is 0 Å². The summed E-state index contributed by atoms with van der Waals surface area (Å²) in [4.78, 5) is 21.0. The van der Waals surface area contributed by atoms with Crippen LogP contribution in [0.1, 0.15) is 33.8 Å². The Morgan fingerprint density at radius 1 is 1.38 bits per heavy atom. The lowest BCUT2D eigenvalue weighted by Gasteiger charge is -2.33. The molecule has 1 fully saturated rings. The van der Waals surface area contributed by atoms with Crippen LogP contribution in [-0.2, 0) is 11.2 Å². The molecule has 3 heterocycles. The molecule has 26 heavy (non-hydrogen) atoms. The van der Waals surface area contributed by atoms with Gasteiger partial charge in [-0.25, -0.2) is 4.98 Å². The molecule has 7 heteroatoms. The van der Waals surface area contributed by atoms with E-state index in [9.17, 15) is 4.79 Å². The predicted octanol–water partition coefficient (Wildman–Crippen LogP) is 2.23. The largest absolute Gasteiger partial charge is 0.375 e. The van der Waals surface area contributed by atoms with Crippen molar-refractivity contribution in [2.24, 2.45) is 0 Å². The Labute approximate surface area is 153 Å². The van der Waals surface area contributed by atoms with Gasteiger partial charge in [-0.05, 0) is 44.4 Å². The van der Waals surface area contributed by atoms with Crippen molar-refractivity contribution in [1.29, 1.82) is 0 Å². The summed E-state index contributed by atoms with van der Waals surface area (Å²) in [6, 6.07) is 4.12. The van der Waals surface area contributed by atoms with Gasteiger partial charge in [0.15, 0.2) is 0 Å². The summed E-state index contributed by atoms with van der Waals surface area (Å²) in [6.07, 6.45) is 3.62. The Morgan fingerprint density at radius 3 is 2.88 bits per heavy atom. The zero-order chi connectivity index (χ0) is 18.7. The molecule has 7 nitrogen and oxygen atoms in total. The lowest BCUT2D eigenvalue weighted by Crippen LogP contribution is -2.46. The highest BCUT2D eigenvalue weighted by Crippen LogP contribution is 2.19. The van der Waals surface area contributed by atoms with Crippen molar-refractivity contribution >= 4 is 11.7 Å². The van der Waals surface area contributed by atoms with Crippen LogP contribution in [-0.4, -0.2) is 60.8 Å². The number of ether oxygens (including phenoxy) is 1. The number of aryl methyl sites for hydroxylation is 3. The predicted molar refractivity (Wildman–Crippen MR) is 98.5 cm³/mol. The number of nitrogens with zero attached hydrogens (tertiary/aromatic N) is 4. The molecule has 2 aromatic heterocycles. The number of carbonyl (C=O) groups excluding carboxylic acids is 1. The first kappa shape index (κ1) is 18.4. The van der Waals surface area contributed by atoms with Crippen molar-refractivity contribution < 1.29 is 14.1 Å². The molecule has 1 aliphatic heterocycles. The fraction of sp³-hybridized carbons (Fsp3) is 0.526. The van der Waals surface area contributed by atoms with E-state index in [1.165, 1.54) is 5.56 Å². The molecule has 0 N–H and O–H groups in total. The van der Waals surface area contributed by atoms with Crippen molar-refractivity contribution in [3.8, 4) is 0 Å². The van der Waals surface area contributed by atoms with Gasteiger partial charge in [-0.2, -0.15) is 0 Å². The lowest BCUT2D eigenvalue weighted by atomic mass is 10.1. The zero-order valence-electron chi connectivity index (χ0n) is 15.9. The second kappa shape index (κ2) is 7.86. The van der Waals surface area contributed by atoms with E-state index >= 15 is 0 Å². The van der Waals surface area contributed by atoms with Gasteiger partial charge in [-0.1, -0.05) is 5.16 Å². The Kier molecular flexibility index (Phi) is 5.56. The minimum Gasteiger partial charge on any atom is -0.375 e. The van der Waals surface area contributed by atoms with E-state index < -0.39 is 0 Å². The molecule has 0 spiro atoms. The number of pyridine rings is 1. The van der Waals surface area contributed by atoms with Gasteiger partial charge >= 0.3 is 0 Å². The van der Waals surface area contributed by atoms with Crippen LogP contribution in [0.15, 0.2) is 22.9 Å². The molecule has 140 valence electrons. The van der Waals surface area contributed by atoms with Crippen LogP contribution in [0.3, 0.4) is 0 Å². The van der Waals surface area contributed by atoms with Gasteiger partial charge in [-0.15, -0.1) is 0 Å². The van der Waals surface area contributed by atoms with Crippen LogP contribution in [0.4, 0.5) is 5.82 Å². The first-order valence-electron chi connectivity index (χ1n) is 8.91. The fourth-order valence-corrected chi connectivity index (χ4v) is 3.21. The van der Waals surface area contributed by atoms with Crippen LogP contribution in [0.5, 0.6) is 0 Å². The Balaban J connectivity index is 1.60. The SMILES string of the molecule is Cc1noc(C)c1C(=O)N1CCO[C@H](CCc2ccnc(N(C)C)c2)C1. The van der Waals surface area contributed by atoms with E-state index in [2.05, 4.69) is 16.2 Å². The molecular formula is C19H26N4O3. The Bertz CT molecular complexity index is 752. The molecule has 0 unspecified atom stereocenters. The van der Waals surface area contributed by atoms with Gasteiger partial charge in [0.2, 0.25) is 0 Å². The van der Waals surface area contributed by atoms with Crippen LogP contribution >= 0.6 is 0 Å². The number of carbonyl (C=O) groups is 1. The smallest absolute Gasteiger partial charge is 0.259 e. The molecule has 0 aliphatic carbocycles. The minimum atomic E-state index is -0.0200. The maximum absolute atomic E-state index is 12.8. The van der Waals surface area contributed by atoms with Crippen molar-refractivity contribution in [1.82, 2.24) is 15.0 Å².